The van der Waals surface area contributed by atoms with Crippen LogP contribution >= 0.6 is 7.59 Å². The van der Waals surface area contributed by atoms with Crippen LogP contribution in [0.3, 0.4) is 0 Å². The smallest absolute Gasteiger partial charge is 0.280 e. The van der Waals surface area contributed by atoms with Crippen molar-refractivity contribution in [3.8, 4) is 0 Å². The van der Waals surface area contributed by atoms with Crippen molar-refractivity contribution in [2.75, 3.05) is 4.72 Å². The summed E-state index contributed by atoms with van der Waals surface area (Å²) in [5.74, 6) is -0.838. The van der Waals surface area contributed by atoms with Crippen LogP contribution in [0.4, 0.5) is 11.4 Å². The SMILES string of the molecule is NP(N)(=O)NC(=O)c1cccc(NS(=O)(=O)c2ccc([N+](=O)[O-])cc2)c1. The molecule has 0 atom stereocenters. The number of nitro benzene ring substituents is 1. The number of sulfonamides is 1. The number of nitrogens with two attached hydrogens (primary N) is 2. The van der Waals surface area contributed by atoms with Gasteiger partial charge in [0.05, 0.1) is 9.82 Å². The molecule has 0 radical (unpaired) electrons. The van der Waals surface area contributed by atoms with Crippen LogP contribution in [0.2, 0.25) is 0 Å². The Kier molecular flexibility index (Phi) is 5.42. The quantitative estimate of drug-likeness (QED) is 0.316. The summed E-state index contributed by atoms with van der Waals surface area (Å²) in [4.78, 5) is 21.6. The Balaban J connectivity index is 2.24. The van der Waals surface area contributed by atoms with Gasteiger partial charge in [-0.05, 0) is 30.3 Å². The van der Waals surface area contributed by atoms with Gasteiger partial charge in [-0.25, -0.2) is 8.42 Å². The molecular formula is C13H14N5O6PS. The maximum Gasteiger partial charge on any atom is 0.300 e. The summed E-state index contributed by atoms with van der Waals surface area (Å²) in [6, 6.07) is 9.57. The van der Waals surface area contributed by atoms with Gasteiger partial charge in [0.25, 0.3) is 21.6 Å². The van der Waals surface area contributed by atoms with E-state index >= 15 is 0 Å². The molecule has 0 saturated carbocycles. The van der Waals surface area contributed by atoms with Crippen LogP contribution < -0.4 is 20.8 Å². The molecule has 0 saturated heterocycles. The molecule has 2 aromatic carbocycles. The molecule has 6 N–H and O–H groups in total. The zero-order valence-corrected chi connectivity index (χ0v) is 14.7. The topological polar surface area (TPSA) is 188 Å². The van der Waals surface area contributed by atoms with E-state index in [9.17, 15) is 27.9 Å². The molecule has 0 aliphatic heterocycles. The lowest BCUT2D eigenvalue weighted by atomic mass is 10.2. The molecule has 0 unspecified atom stereocenters. The molecule has 0 aliphatic rings. The highest BCUT2D eigenvalue weighted by Gasteiger charge is 2.18. The fraction of sp³-hybridized carbons (Fsp3) is 0. The van der Waals surface area contributed by atoms with E-state index in [0.717, 1.165) is 24.3 Å². The summed E-state index contributed by atoms with van der Waals surface area (Å²) >= 11 is 0. The van der Waals surface area contributed by atoms with Crippen LogP contribution in [0.5, 0.6) is 0 Å². The van der Waals surface area contributed by atoms with Gasteiger partial charge in [0, 0.05) is 23.4 Å². The van der Waals surface area contributed by atoms with Crippen molar-refractivity contribution >= 4 is 34.9 Å². The van der Waals surface area contributed by atoms with Crippen LogP contribution in [0.25, 0.3) is 0 Å². The summed E-state index contributed by atoms with van der Waals surface area (Å²) in [6.07, 6.45) is 0. The van der Waals surface area contributed by atoms with Crippen LogP contribution in [0.15, 0.2) is 53.4 Å². The number of nitrogens with one attached hydrogen (secondary N) is 2. The normalized spacial score (nSPS) is 11.6. The number of non-ortho nitro benzene ring substituents is 1. The zero-order valence-electron chi connectivity index (χ0n) is 13.0. The van der Waals surface area contributed by atoms with Gasteiger partial charge in [0.1, 0.15) is 0 Å². The lowest BCUT2D eigenvalue weighted by Crippen LogP contribution is -2.28. The van der Waals surface area contributed by atoms with E-state index in [2.05, 4.69) is 4.72 Å². The van der Waals surface area contributed by atoms with Crippen molar-refractivity contribution in [3.05, 3.63) is 64.2 Å². The second-order valence-corrected chi connectivity index (χ2v) is 8.41. The van der Waals surface area contributed by atoms with Gasteiger partial charge in [-0.15, -0.1) is 0 Å². The number of amides is 1. The number of rotatable bonds is 6. The second-order valence-electron chi connectivity index (χ2n) is 5.09. The summed E-state index contributed by atoms with van der Waals surface area (Å²) in [5, 5.41) is 12.5. The first kappa shape index (κ1) is 19.5. The molecule has 13 heteroatoms. The van der Waals surface area contributed by atoms with E-state index in [-0.39, 0.29) is 21.8 Å². The van der Waals surface area contributed by atoms with E-state index in [0.29, 0.717) is 0 Å². The molecule has 11 nitrogen and oxygen atoms in total. The number of carbonyl (C=O) groups is 1. The molecule has 0 heterocycles. The predicted octanol–water partition coefficient (Wildman–Crippen LogP) is 1.15. The Morgan fingerprint density at radius 2 is 1.73 bits per heavy atom. The largest absolute Gasteiger partial charge is 0.300 e. The maximum absolute atomic E-state index is 12.3. The van der Waals surface area contributed by atoms with E-state index in [1.807, 2.05) is 5.09 Å². The maximum atomic E-state index is 12.3. The Hall–Kier alpha value is -2.79. The minimum absolute atomic E-state index is 0.0231. The van der Waals surface area contributed by atoms with Gasteiger partial charge in [0.15, 0.2) is 0 Å². The van der Waals surface area contributed by atoms with Crippen LogP contribution in [0.1, 0.15) is 10.4 Å². The molecule has 26 heavy (non-hydrogen) atoms. The van der Waals surface area contributed by atoms with Gasteiger partial charge in [0.2, 0.25) is 0 Å². The van der Waals surface area contributed by atoms with Crippen molar-refractivity contribution in [1.82, 2.24) is 5.09 Å². The highest BCUT2D eigenvalue weighted by Crippen LogP contribution is 2.22. The molecule has 0 spiro atoms. The van der Waals surface area contributed by atoms with Gasteiger partial charge in [-0.1, -0.05) is 6.07 Å². The first-order chi connectivity index (χ1) is 12.0. The van der Waals surface area contributed by atoms with Crippen molar-refractivity contribution in [2.45, 2.75) is 4.90 Å². The first-order valence-electron chi connectivity index (χ1n) is 6.85. The predicted molar refractivity (Wildman–Crippen MR) is 93.8 cm³/mol. The van der Waals surface area contributed by atoms with E-state index in [1.165, 1.54) is 24.3 Å². The van der Waals surface area contributed by atoms with Crippen molar-refractivity contribution in [2.24, 2.45) is 11.0 Å². The third-order valence-corrected chi connectivity index (χ3v) is 4.96. The van der Waals surface area contributed by atoms with Crippen molar-refractivity contribution in [3.63, 3.8) is 0 Å². The summed E-state index contributed by atoms with van der Waals surface area (Å²) in [5.41, 5.74) is 9.89. The van der Waals surface area contributed by atoms with Crippen molar-refractivity contribution in [1.29, 1.82) is 0 Å². The van der Waals surface area contributed by atoms with Gasteiger partial charge >= 0.3 is 7.59 Å². The fourth-order valence-electron chi connectivity index (χ4n) is 1.91. The molecular weight excluding hydrogens is 385 g/mol. The lowest BCUT2D eigenvalue weighted by Gasteiger charge is -2.11. The standard InChI is InChI=1S/C13H14N5O6PS/c14-25(15,22)16-13(19)9-2-1-3-10(8-9)17-26(23,24)12-6-4-11(5-7-12)18(20)21/h1-8,17H,(H5,14,15,16,19,22). The first-order valence-corrected chi connectivity index (χ1v) is 10.2. The molecule has 0 bridgehead atoms. The monoisotopic (exact) mass is 399 g/mol. The second kappa shape index (κ2) is 7.22. The number of carbonyl (C=O) groups excluding carboxylic acids is 1. The third kappa shape index (κ3) is 5.10. The molecule has 0 aromatic heterocycles. The van der Waals surface area contributed by atoms with E-state index in [1.54, 1.807) is 0 Å². The Morgan fingerprint density at radius 1 is 1.12 bits per heavy atom. The average Bonchev–Trinajstić information content (AvgIpc) is 2.53. The molecule has 2 aromatic rings. The number of nitrogens with zero attached hydrogens (tertiary/aromatic N) is 1. The number of hydrogen-bond donors (Lipinski definition) is 4. The Bertz CT molecular complexity index is 1000. The molecule has 138 valence electrons. The van der Waals surface area contributed by atoms with Crippen molar-refractivity contribution < 1.29 is 22.7 Å². The Labute approximate surface area is 148 Å². The summed E-state index contributed by atoms with van der Waals surface area (Å²) in [7, 11) is -7.84. The molecule has 0 aliphatic carbocycles. The average molecular weight is 399 g/mol. The number of nitro groups is 1. The van der Waals surface area contributed by atoms with Crippen LogP contribution in [-0.4, -0.2) is 19.2 Å². The molecule has 1 amide bonds. The lowest BCUT2D eigenvalue weighted by molar-refractivity contribution is -0.384. The summed E-state index contributed by atoms with van der Waals surface area (Å²) < 4.78 is 38.1. The minimum Gasteiger partial charge on any atom is -0.280 e. The number of hydrogen-bond acceptors (Lipinski definition) is 6. The van der Waals surface area contributed by atoms with Crippen LogP contribution in [0, 0.1) is 10.1 Å². The summed E-state index contributed by atoms with van der Waals surface area (Å²) in [6.45, 7) is 0. The van der Waals surface area contributed by atoms with Crippen LogP contribution in [-0.2, 0) is 14.6 Å². The van der Waals surface area contributed by atoms with E-state index < -0.39 is 28.4 Å². The zero-order chi connectivity index (χ0) is 19.5. The Morgan fingerprint density at radius 3 is 2.27 bits per heavy atom. The van der Waals surface area contributed by atoms with Gasteiger partial charge < -0.3 is 0 Å². The van der Waals surface area contributed by atoms with Gasteiger partial charge in [-0.2, -0.15) is 0 Å². The molecule has 0 fully saturated rings. The number of anilines is 1. The fourth-order valence-corrected chi connectivity index (χ4v) is 3.40. The number of benzene rings is 2. The minimum atomic E-state index is -4.04. The van der Waals surface area contributed by atoms with E-state index in [4.69, 9.17) is 11.0 Å². The highest BCUT2D eigenvalue weighted by molar-refractivity contribution is 7.92. The highest BCUT2D eigenvalue weighted by atomic mass is 32.2. The molecule has 2 rings (SSSR count). The van der Waals surface area contributed by atoms with Gasteiger partial charge in [-0.3, -0.25) is 40.3 Å². The third-order valence-electron chi connectivity index (χ3n) is 3.01.